The van der Waals surface area contributed by atoms with Gasteiger partial charge in [0, 0.05) is 31.3 Å². The number of aromatic nitrogens is 2. The summed E-state index contributed by atoms with van der Waals surface area (Å²) in [6, 6.07) is 0. The van der Waals surface area contributed by atoms with Gasteiger partial charge in [0.2, 0.25) is 11.5 Å². The number of hydrogen-bond acceptors (Lipinski definition) is 6. The fourth-order valence-corrected chi connectivity index (χ4v) is 3.16. The van der Waals surface area contributed by atoms with Gasteiger partial charge >= 0.3 is 0 Å². The summed E-state index contributed by atoms with van der Waals surface area (Å²) in [6.07, 6.45) is 2.23. The van der Waals surface area contributed by atoms with Crippen molar-refractivity contribution in [1.29, 1.82) is 0 Å². The Morgan fingerprint density at radius 1 is 1.35 bits per heavy atom. The summed E-state index contributed by atoms with van der Waals surface area (Å²) in [5.74, 6) is 1.96. The van der Waals surface area contributed by atoms with Gasteiger partial charge in [-0.3, -0.25) is 4.79 Å². The van der Waals surface area contributed by atoms with Crippen molar-refractivity contribution in [3.8, 4) is 0 Å². The molecule has 1 aromatic rings. The molecule has 0 spiro atoms. The van der Waals surface area contributed by atoms with Gasteiger partial charge in [0.25, 0.3) is 5.91 Å². The summed E-state index contributed by atoms with van der Waals surface area (Å²) in [4.78, 5) is 24.4. The molecule has 1 atom stereocenters. The van der Waals surface area contributed by atoms with Gasteiger partial charge in [-0.2, -0.15) is 4.98 Å². The molecule has 2 aliphatic rings. The molecule has 7 nitrogen and oxygen atoms in total. The largest absolute Gasteiger partial charge is 0.379 e. The number of likely N-dealkylation sites (tertiary alicyclic amines) is 1. The number of carbonyl (C=O) groups is 1. The van der Waals surface area contributed by atoms with E-state index in [-0.39, 0.29) is 17.7 Å². The van der Waals surface area contributed by atoms with E-state index in [0.29, 0.717) is 25.4 Å². The molecule has 2 aliphatic heterocycles. The summed E-state index contributed by atoms with van der Waals surface area (Å²) in [5.41, 5.74) is 0.0227. The second-order valence-corrected chi connectivity index (χ2v) is 7.04. The van der Waals surface area contributed by atoms with Crippen LogP contribution in [0.25, 0.3) is 0 Å². The van der Waals surface area contributed by atoms with Crippen LogP contribution >= 0.6 is 0 Å². The zero-order valence-corrected chi connectivity index (χ0v) is 14.2. The molecule has 1 fully saturated rings. The minimum Gasteiger partial charge on any atom is -0.379 e. The van der Waals surface area contributed by atoms with Crippen LogP contribution in [0.15, 0.2) is 9.68 Å². The highest BCUT2D eigenvalue weighted by atomic mass is 16.7. The lowest BCUT2D eigenvalue weighted by Crippen LogP contribution is -2.49. The van der Waals surface area contributed by atoms with Crippen molar-refractivity contribution >= 4 is 11.6 Å². The molecule has 23 heavy (non-hydrogen) atoms. The van der Waals surface area contributed by atoms with E-state index >= 15 is 0 Å². The van der Waals surface area contributed by atoms with Crippen LogP contribution in [0.2, 0.25) is 0 Å². The Morgan fingerprint density at radius 3 is 2.57 bits per heavy atom. The first-order valence-electron chi connectivity index (χ1n) is 8.23. The topological polar surface area (TPSA) is 80.8 Å². The Balaban J connectivity index is 1.59. The fraction of sp³-hybridized carbons (Fsp3) is 0.750. The van der Waals surface area contributed by atoms with Crippen LogP contribution in [0, 0.1) is 0 Å². The quantitative estimate of drug-likeness (QED) is 0.854. The lowest BCUT2D eigenvalue weighted by atomic mass is 9.93. The predicted molar refractivity (Wildman–Crippen MR) is 84.2 cm³/mol. The van der Waals surface area contributed by atoms with Crippen molar-refractivity contribution in [2.24, 2.45) is 5.16 Å². The normalized spacial score (nSPS) is 25.6. The summed E-state index contributed by atoms with van der Waals surface area (Å²) in [5, 5.41) is 7.95. The van der Waals surface area contributed by atoms with E-state index in [1.54, 1.807) is 0 Å². The van der Waals surface area contributed by atoms with Gasteiger partial charge < -0.3 is 14.3 Å². The third-order valence-corrected chi connectivity index (χ3v) is 4.55. The maximum absolute atomic E-state index is 12.7. The van der Waals surface area contributed by atoms with Crippen LogP contribution in [0.5, 0.6) is 0 Å². The van der Waals surface area contributed by atoms with Gasteiger partial charge in [0.05, 0.1) is 5.71 Å². The van der Waals surface area contributed by atoms with Gasteiger partial charge in [-0.15, -0.1) is 0 Å². The van der Waals surface area contributed by atoms with Crippen molar-refractivity contribution in [1.82, 2.24) is 15.0 Å². The van der Waals surface area contributed by atoms with Gasteiger partial charge in [0.15, 0.2) is 5.82 Å². The highest BCUT2D eigenvalue weighted by Gasteiger charge is 2.44. The SMILES string of the molecule is CC1=NO[C@@](C)(C(=O)N2CCC(c3nc(C(C)C)no3)CC2)C1. The van der Waals surface area contributed by atoms with E-state index < -0.39 is 5.60 Å². The Hall–Kier alpha value is -1.92. The number of nitrogens with zero attached hydrogens (tertiary/aromatic N) is 4. The molecular formula is C16H24N4O3. The number of amides is 1. The number of carbonyl (C=O) groups excluding carboxylic acids is 1. The van der Waals surface area contributed by atoms with Crippen LogP contribution < -0.4 is 0 Å². The molecular weight excluding hydrogens is 296 g/mol. The van der Waals surface area contributed by atoms with Gasteiger partial charge in [0.1, 0.15) is 0 Å². The zero-order valence-electron chi connectivity index (χ0n) is 14.2. The van der Waals surface area contributed by atoms with Crippen LogP contribution in [0.1, 0.15) is 70.5 Å². The standard InChI is InChI=1S/C16H24N4O3/c1-10(2)13-17-14(22-19-13)12-5-7-20(8-6-12)15(21)16(4)9-11(3)18-23-16/h10,12H,5-9H2,1-4H3/t16-/m1/s1. The second-order valence-electron chi connectivity index (χ2n) is 7.04. The highest BCUT2D eigenvalue weighted by Crippen LogP contribution is 2.31. The van der Waals surface area contributed by atoms with Crippen LogP contribution in [-0.4, -0.2) is 45.3 Å². The molecule has 3 heterocycles. The third-order valence-electron chi connectivity index (χ3n) is 4.55. The van der Waals surface area contributed by atoms with Crippen molar-refractivity contribution in [2.75, 3.05) is 13.1 Å². The van der Waals surface area contributed by atoms with Crippen LogP contribution in [0.3, 0.4) is 0 Å². The Morgan fingerprint density at radius 2 is 2.04 bits per heavy atom. The summed E-state index contributed by atoms with van der Waals surface area (Å²) in [7, 11) is 0. The maximum Gasteiger partial charge on any atom is 0.269 e. The van der Waals surface area contributed by atoms with Crippen molar-refractivity contribution < 1.29 is 14.2 Å². The van der Waals surface area contributed by atoms with E-state index in [9.17, 15) is 4.79 Å². The highest BCUT2D eigenvalue weighted by molar-refractivity contribution is 5.94. The molecule has 0 aromatic carbocycles. The van der Waals surface area contributed by atoms with Crippen molar-refractivity contribution in [2.45, 2.75) is 64.4 Å². The average molecular weight is 320 g/mol. The van der Waals surface area contributed by atoms with Gasteiger partial charge in [-0.25, -0.2) is 0 Å². The summed E-state index contributed by atoms with van der Waals surface area (Å²) >= 11 is 0. The molecule has 0 unspecified atom stereocenters. The van der Waals surface area contributed by atoms with E-state index in [1.807, 2.05) is 32.6 Å². The Kier molecular flexibility index (Phi) is 4.12. The van der Waals surface area contributed by atoms with Crippen molar-refractivity contribution in [3.05, 3.63) is 11.7 Å². The Labute approximate surface area is 136 Å². The summed E-state index contributed by atoms with van der Waals surface area (Å²) < 4.78 is 5.39. The van der Waals surface area contributed by atoms with Crippen LogP contribution in [-0.2, 0) is 9.63 Å². The van der Waals surface area contributed by atoms with Crippen LogP contribution in [0.4, 0.5) is 0 Å². The van der Waals surface area contributed by atoms with E-state index in [4.69, 9.17) is 9.36 Å². The maximum atomic E-state index is 12.7. The first-order chi connectivity index (χ1) is 10.9. The average Bonchev–Trinajstić information content (AvgIpc) is 3.15. The number of oxime groups is 1. The Bertz CT molecular complexity index is 617. The van der Waals surface area contributed by atoms with Gasteiger partial charge in [-0.1, -0.05) is 24.2 Å². The lowest BCUT2D eigenvalue weighted by Gasteiger charge is -2.34. The molecule has 0 saturated carbocycles. The first kappa shape index (κ1) is 16.0. The van der Waals surface area contributed by atoms with E-state index in [1.165, 1.54) is 0 Å². The molecule has 0 N–H and O–H groups in total. The molecule has 1 aromatic heterocycles. The molecule has 1 amide bonds. The monoisotopic (exact) mass is 320 g/mol. The number of hydrogen-bond donors (Lipinski definition) is 0. The zero-order chi connectivity index (χ0) is 16.6. The lowest BCUT2D eigenvalue weighted by molar-refractivity contribution is -0.154. The van der Waals surface area contributed by atoms with Crippen molar-refractivity contribution in [3.63, 3.8) is 0 Å². The molecule has 1 saturated heterocycles. The third kappa shape index (κ3) is 3.09. The molecule has 126 valence electrons. The molecule has 0 aliphatic carbocycles. The van der Waals surface area contributed by atoms with E-state index in [0.717, 1.165) is 24.4 Å². The molecule has 0 radical (unpaired) electrons. The predicted octanol–water partition coefficient (Wildman–Crippen LogP) is 2.45. The molecule has 7 heteroatoms. The fourth-order valence-electron chi connectivity index (χ4n) is 3.16. The summed E-state index contributed by atoms with van der Waals surface area (Å²) in [6.45, 7) is 9.15. The van der Waals surface area contributed by atoms with E-state index in [2.05, 4.69) is 15.3 Å². The number of rotatable bonds is 3. The smallest absolute Gasteiger partial charge is 0.269 e. The van der Waals surface area contributed by atoms with Gasteiger partial charge in [-0.05, 0) is 26.7 Å². The minimum atomic E-state index is -0.841. The molecule has 0 bridgehead atoms. The molecule has 3 rings (SSSR count). The first-order valence-corrected chi connectivity index (χ1v) is 8.23. The second kappa shape index (κ2) is 5.94. The number of piperidine rings is 1. The minimum absolute atomic E-state index is 0.0185.